The molecule has 0 aliphatic rings. The number of anilines is 1. The van der Waals surface area contributed by atoms with Crippen molar-refractivity contribution in [3.63, 3.8) is 0 Å². The Morgan fingerprint density at radius 3 is 2.64 bits per heavy atom. The predicted molar refractivity (Wildman–Crippen MR) is 96.8 cm³/mol. The topological polar surface area (TPSA) is 115 Å². The second-order valence-corrected chi connectivity index (χ2v) is 6.21. The van der Waals surface area contributed by atoms with Crippen LogP contribution in [0, 0.1) is 10.1 Å². The second-order valence-electron chi connectivity index (χ2n) is 5.19. The third-order valence-electron chi connectivity index (χ3n) is 3.42. The van der Waals surface area contributed by atoms with Crippen molar-refractivity contribution in [1.29, 1.82) is 0 Å². The maximum absolute atomic E-state index is 12.1. The highest BCUT2D eigenvalue weighted by Gasteiger charge is 2.18. The Bertz CT molecular complexity index is 823. The molecule has 3 N–H and O–H groups in total. The Morgan fingerprint density at radius 2 is 2.00 bits per heavy atom. The van der Waals surface area contributed by atoms with E-state index < -0.39 is 10.8 Å². The maximum atomic E-state index is 12.1. The molecule has 130 valence electrons. The van der Waals surface area contributed by atoms with Gasteiger partial charge in [0.1, 0.15) is 0 Å². The molecule has 0 aliphatic heterocycles. The van der Waals surface area contributed by atoms with E-state index in [1.54, 1.807) is 6.07 Å². The number of nitrogens with two attached hydrogens (primary N) is 1. The number of hydrogen-bond acceptors (Lipinski definition) is 5. The van der Waals surface area contributed by atoms with Gasteiger partial charge in [-0.05, 0) is 36.2 Å². The van der Waals surface area contributed by atoms with Gasteiger partial charge in [-0.2, -0.15) is 0 Å². The summed E-state index contributed by atoms with van der Waals surface area (Å²) in [5, 5.41) is 13.9. The minimum absolute atomic E-state index is 0.00705. The lowest BCUT2D eigenvalue weighted by molar-refractivity contribution is -0.387. The standard InChI is InChI=1S/C17H17N3O4S/c1-2-11-4-3-5-13(8-11)19-16(21)10-25-15-7-6-12(17(18)22)9-14(15)20(23)24/h3-9H,2,10H2,1H3,(H2,18,22)(H,19,21). The molecule has 2 aromatic rings. The Labute approximate surface area is 148 Å². The third-order valence-corrected chi connectivity index (χ3v) is 4.48. The number of nitro groups is 1. The van der Waals surface area contributed by atoms with Crippen LogP contribution >= 0.6 is 11.8 Å². The van der Waals surface area contributed by atoms with Crippen LogP contribution in [-0.2, 0) is 11.2 Å². The molecule has 2 rings (SSSR count). The summed E-state index contributed by atoms with van der Waals surface area (Å²) in [6.45, 7) is 2.02. The molecular formula is C17H17N3O4S. The van der Waals surface area contributed by atoms with Crippen molar-refractivity contribution in [2.24, 2.45) is 5.73 Å². The molecule has 0 atom stereocenters. The van der Waals surface area contributed by atoms with Crippen LogP contribution in [0.2, 0.25) is 0 Å². The van der Waals surface area contributed by atoms with E-state index in [4.69, 9.17) is 5.73 Å². The lowest BCUT2D eigenvalue weighted by Gasteiger charge is -2.07. The van der Waals surface area contributed by atoms with Crippen molar-refractivity contribution < 1.29 is 14.5 Å². The van der Waals surface area contributed by atoms with Gasteiger partial charge >= 0.3 is 0 Å². The zero-order valence-electron chi connectivity index (χ0n) is 13.5. The monoisotopic (exact) mass is 359 g/mol. The molecule has 0 bridgehead atoms. The summed E-state index contributed by atoms with van der Waals surface area (Å²) in [6, 6.07) is 11.4. The van der Waals surface area contributed by atoms with E-state index in [9.17, 15) is 19.7 Å². The Morgan fingerprint density at radius 1 is 1.24 bits per heavy atom. The smallest absolute Gasteiger partial charge is 0.283 e. The number of amides is 2. The van der Waals surface area contributed by atoms with Gasteiger partial charge in [0, 0.05) is 17.3 Å². The molecule has 0 aliphatic carbocycles. The van der Waals surface area contributed by atoms with Gasteiger partial charge in [-0.1, -0.05) is 19.1 Å². The summed E-state index contributed by atoms with van der Waals surface area (Å²) in [6.07, 6.45) is 0.858. The molecule has 2 aromatic carbocycles. The molecule has 0 unspecified atom stereocenters. The highest BCUT2D eigenvalue weighted by atomic mass is 32.2. The largest absolute Gasteiger partial charge is 0.366 e. The van der Waals surface area contributed by atoms with Gasteiger partial charge in [0.05, 0.1) is 15.6 Å². The van der Waals surface area contributed by atoms with E-state index >= 15 is 0 Å². The third kappa shape index (κ3) is 5.05. The molecule has 0 fully saturated rings. The van der Waals surface area contributed by atoms with Gasteiger partial charge in [-0.3, -0.25) is 19.7 Å². The molecule has 0 saturated heterocycles. The van der Waals surface area contributed by atoms with E-state index in [1.165, 1.54) is 12.1 Å². The van der Waals surface area contributed by atoms with Crippen molar-refractivity contribution in [2.75, 3.05) is 11.1 Å². The zero-order chi connectivity index (χ0) is 18.4. The number of carbonyl (C=O) groups excluding carboxylic acids is 2. The lowest BCUT2D eigenvalue weighted by Crippen LogP contribution is -2.14. The van der Waals surface area contributed by atoms with Crippen molar-refractivity contribution in [3.05, 3.63) is 63.7 Å². The first-order valence-electron chi connectivity index (χ1n) is 7.50. The van der Waals surface area contributed by atoms with E-state index in [0.717, 1.165) is 29.8 Å². The van der Waals surface area contributed by atoms with Gasteiger partial charge in [-0.25, -0.2) is 0 Å². The molecule has 0 saturated carbocycles. The normalized spacial score (nSPS) is 10.3. The number of thioether (sulfide) groups is 1. The number of aryl methyl sites for hydroxylation is 1. The van der Waals surface area contributed by atoms with Crippen LogP contribution in [-0.4, -0.2) is 22.5 Å². The van der Waals surface area contributed by atoms with Crippen LogP contribution in [0.5, 0.6) is 0 Å². The molecule has 25 heavy (non-hydrogen) atoms. The average Bonchev–Trinajstić information content (AvgIpc) is 2.59. The van der Waals surface area contributed by atoms with Gasteiger partial charge in [0.25, 0.3) is 5.69 Å². The van der Waals surface area contributed by atoms with Gasteiger partial charge in [0.15, 0.2) is 0 Å². The lowest BCUT2D eigenvalue weighted by atomic mass is 10.1. The number of carbonyl (C=O) groups is 2. The van der Waals surface area contributed by atoms with Crippen molar-refractivity contribution in [1.82, 2.24) is 0 Å². The number of nitro benzene ring substituents is 1. The Balaban J connectivity index is 2.06. The van der Waals surface area contributed by atoms with Crippen LogP contribution in [0.4, 0.5) is 11.4 Å². The summed E-state index contributed by atoms with van der Waals surface area (Å²) in [7, 11) is 0. The number of primary amides is 1. The van der Waals surface area contributed by atoms with Crippen LogP contribution in [0.25, 0.3) is 0 Å². The summed E-state index contributed by atoms with van der Waals surface area (Å²) in [5.41, 5.74) is 6.72. The van der Waals surface area contributed by atoms with Crippen molar-refractivity contribution >= 4 is 35.0 Å². The van der Waals surface area contributed by atoms with Gasteiger partial charge < -0.3 is 11.1 Å². The van der Waals surface area contributed by atoms with Gasteiger partial charge in [0.2, 0.25) is 11.8 Å². The van der Waals surface area contributed by atoms with Crippen LogP contribution < -0.4 is 11.1 Å². The predicted octanol–water partition coefficient (Wildman–Crippen LogP) is 2.99. The first-order chi connectivity index (χ1) is 11.9. The van der Waals surface area contributed by atoms with Crippen molar-refractivity contribution in [3.8, 4) is 0 Å². The molecule has 2 amide bonds. The molecule has 7 nitrogen and oxygen atoms in total. The fourth-order valence-corrected chi connectivity index (χ4v) is 2.95. The highest BCUT2D eigenvalue weighted by Crippen LogP contribution is 2.30. The summed E-state index contributed by atoms with van der Waals surface area (Å²) in [5.74, 6) is -1.01. The number of rotatable bonds is 7. The highest BCUT2D eigenvalue weighted by molar-refractivity contribution is 8.00. The SMILES string of the molecule is CCc1cccc(NC(=O)CSc2ccc(C(N)=O)cc2[N+](=O)[O-])c1. The van der Waals surface area contributed by atoms with Crippen LogP contribution in [0.3, 0.4) is 0 Å². The van der Waals surface area contributed by atoms with Gasteiger partial charge in [-0.15, -0.1) is 11.8 Å². The average molecular weight is 359 g/mol. The summed E-state index contributed by atoms with van der Waals surface area (Å²) < 4.78 is 0. The summed E-state index contributed by atoms with van der Waals surface area (Å²) >= 11 is 1.03. The van der Waals surface area contributed by atoms with Crippen LogP contribution in [0.15, 0.2) is 47.4 Å². The maximum Gasteiger partial charge on any atom is 0.283 e. The molecule has 8 heteroatoms. The quantitative estimate of drug-likeness (QED) is 0.448. The first kappa shape index (κ1) is 18.5. The zero-order valence-corrected chi connectivity index (χ0v) is 14.3. The Kier molecular flexibility index (Phi) is 6.13. The fourth-order valence-electron chi connectivity index (χ4n) is 2.14. The van der Waals surface area contributed by atoms with Crippen LogP contribution in [0.1, 0.15) is 22.8 Å². The second kappa shape index (κ2) is 8.29. The van der Waals surface area contributed by atoms with E-state index in [1.807, 2.05) is 25.1 Å². The molecular weight excluding hydrogens is 342 g/mol. The molecule has 0 aromatic heterocycles. The fraction of sp³-hybridized carbons (Fsp3) is 0.176. The molecule has 0 heterocycles. The number of nitrogens with zero attached hydrogens (tertiary/aromatic N) is 1. The Hall–Kier alpha value is -2.87. The molecule has 0 radical (unpaired) electrons. The minimum Gasteiger partial charge on any atom is -0.366 e. The first-order valence-corrected chi connectivity index (χ1v) is 8.49. The van der Waals surface area contributed by atoms with E-state index in [0.29, 0.717) is 10.6 Å². The summed E-state index contributed by atoms with van der Waals surface area (Å²) in [4.78, 5) is 34.0. The molecule has 0 spiro atoms. The van der Waals surface area contributed by atoms with E-state index in [2.05, 4.69) is 5.32 Å². The number of hydrogen-bond donors (Lipinski definition) is 2. The number of nitrogens with one attached hydrogen (secondary N) is 1. The number of benzene rings is 2. The minimum atomic E-state index is -0.742. The van der Waals surface area contributed by atoms with Crippen molar-refractivity contribution in [2.45, 2.75) is 18.2 Å². The van der Waals surface area contributed by atoms with E-state index in [-0.39, 0.29) is 22.9 Å².